The molecule has 0 aliphatic rings. The van der Waals surface area contributed by atoms with Gasteiger partial charge in [0.15, 0.2) is 5.78 Å². The molecule has 0 aliphatic carbocycles. The number of rotatable bonds is 4. The van der Waals surface area contributed by atoms with E-state index in [0.29, 0.717) is 10.9 Å². The first-order chi connectivity index (χ1) is 8.18. The minimum Gasteiger partial charge on any atom is -0.469 e. The molecule has 0 radical (unpaired) electrons. The van der Waals surface area contributed by atoms with E-state index in [1.54, 1.807) is 30.5 Å². The van der Waals surface area contributed by atoms with Gasteiger partial charge in [-0.1, -0.05) is 6.07 Å². The van der Waals surface area contributed by atoms with Crippen molar-refractivity contribution in [3.05, 3.63) is 58.2 Å². The molecule has 17 heavy (non-hydrogen) atoms. The van der Waals surface area contributed by atoms with Gasteiger partial charge < -0.3 is 4.42 Å². The smallest absolute Gasteiger partial charge is 0.166 e. The molecule has 1 aromatic carbocycles. The standard InChI is InChI=1S/C13H10BrFO2/c14-11-5-1-4-10(13(11)15)12(16)7-6-9-3-2-8-17-9/h1-5,8H,6-7H2. The highest BCUT2D eigenvalue weighted by molar-refractivity contribution is 9.10. The van der Waals surface area contributed by atoms with Crippen molar-refractivity contribution in [1.82, 2.24) is 0 Å². The Kier molecular flexibility index (Phi) is 3.74. The number of Topliss-reactive ketones (excluding diaryl/α,β-unsaturated/α-hetero) is 1. The van der Waals surface area contributed by atoms with Crippen LogP contribution in [0.4, 0.5) is 4.39 Å². The zero-order valence-electron chi connectivity index (χ0n) is 8.95. The van der Waals surface area contributed by atoms with Crippen molar-refractivity contribution in [1.29, 1.82) is 0 Å². The molecular weight excluding hydrogens is 287 g/mol. The second-order valence-electron chi connectivity index (χ2n) is 3.60. The van der Waals surface area contributed by atoms with Crippen LogP contribution in [0.2, 0.25) is 0 Å². The van der Waals surface area contributed by atoms with Gasteiger partial charge in [-0.25, -0.2) is 4.39 Å². The van der Waals surface area contributed by atoms with Gasteiger partial charge in [0.1, 0.15) is 11.6 Å². The molecule has 1 aromatic heterocycles. The average Bonchev–Trinajstić information content (AvgIpc) is 2.82. The summed E-state index contributed by atoms with van der Waals surface area (Å²) < 4.78 is 19.1. The number of carbonyl (C=O) groups excluding carboxylic acids is 1. The van der Waals surface area contributed by atoms with Crippen LogP contribution in [-0.2, 0) is 6.42 Å². The van der Waals surface area contributed by atoms with Gasteiger partial charge in [-0.15, -0.1) is 0 Å². The van der Waals surface area contributed by atoms with Crippen LogP contribution in [0.15, 0.2) is 45.5 Å². The molecule has 4 heteroatoms. The lowest BCUT2D eigenvalue weighted by atomic mass is 10.1. The molecule has 0 unspecified atom stereocenters. The van der Waals surface area contributed by atoms with Crippen molar-refractivity contribution in [3.8, 4) is 0 Å². The summed E-state index contributed by atoms with van der Waals surface area (Å²) in [6.45, 7) is 0. The highest BCUT2D eigenvalue weighted by atomic mass is 79.9. The summed E-state index contributed by atoms with van der Waals surface area (Å²) in [6, 6.07) is 8.26. The predicted octanol–water partition coefficient (Wildman–Crippen LogP) is 4.00. The Labute approximate surface area is 107 Å². The van der Waals surface area contributed by atoms with Crippen molar-refractivity contribution in [2.45, 2.75) is 12.8 Å². The topological polar surface area (TPSA) is 30.2 Å². The quantitative estimate of drug-likeness (QED) is 0.799. The first-order valence-corrected chi connectivity index (χ1v) is 5.97. The van der Waals surface area contributed by atoms with E-state index >= 15 is 0 Å². The van der Waals surface area contributed by atoms with E-state index in [4.69, 9.17) is 4.42 Å². The highest BCUT2D eigenvalue weighted by Gasteiger charge is 2.14. The molecule has 2 aromatic rings. The van der Waals surface area contributed by atoms with Gasteiger partial charge in [0.2, 0.25) is 0 Å². The summed E-state index contributed by atoms with van der Waals surface area (Å²) >= 11 is 3.06. The summed E-state index contributed by atoms with van der Waals surface area (Å²) in [6.07, 6.45) is 2.28. The van der Waals surface area contributed by atoms with Crippen LogP contribution in [0.5, 0.6) is 0 Å². The first kappa shape index (κ1) is 12.0. The Balaban J connectivity index is 2.07. The molecule has 1 heterocycles. The van der Waals surface area contributed by atoms with Crippen LogP contribution in [0.3, 0.4) is 0 Å². The van der Waals surface area contributed by atoms with E-state index < -0.39 is 5.82 Å². The van der Waals surface area contributed by atoms with Crippen molar-refractivity contribution in [2.75, 3.05) is 0 Å². The molecule has 88 valence electrons. The maximum Gasteiger partial charge on any atom is 0.166 e. The van der Waals surface area contributed by atoms with Gasteiger partial charge in [0.25, 0.3) is 0 Å². The molecular formula is C13H10BrFO2. The number of aryl methyl sites for hydroxylation is 1. The third kappa shape index (κ3) is 2.82. The summed E-state index contributed by atoms with van der Waals surface area (Å²) in [5.74, 6) is 0.00546. The van der Waals surface area contributed by atoms with E-state index in [2.05, 4.69) is 15.9 Å². The number of hydrogen-bond acceptors (Lipinski definition) is 2. The third-order valence-corrected chi connectivity index (χ3v) is 3.04. The number of benzene rings is 1. The molecule has 0 fully saturated rings. The third-order valence-electron chi connectivity index (χ3n) is 2.43. The first-order valence-electron chi connectivity index (χ1n) is 5.18. The van der Waals surface area contributed by atoms with Crippen molar-refractivity contribution in [2.24, 2.45) is 0 Å². The van der Waals surface area contributed by atoms with Gasteiger partial charge in [0.05, 0.1) is 16.3 Å². The predicted molar refractivity (Wildman–Crippen MR) is 65.5 cm³/mol. The molecule has 2 rings (SSSR count). The van der Waals surface area contributed by atoms with Gasteiger partial charge >= 0.3 is 0 Å². The molecule has 0 atom stereocenters. The van der Waals surface area contributed by atoms with Crippen LogP contribution in [0.25, 0.3) is 0 Å². The van der Waals surface area contributed by atoms with E-state index in [1.807, 2.05) is 0 Å². The van der Waals surface area contributed by atoms with Crippen molar-refractivity contribution < 1.29 is 13.6 Å². The van der Waals surface area contributed by atoms with Gasteiger partial charge in [-0.05, 0) is 40.2 Å². The molecule has 0 amide bonds. The fraction of sp³-hybridized carbons (Fsp3) is 0.154. The zero-order valence-corrected chi connectivity index (χ0v) is 10.5. The van der Waals surface area contributed by atoms with E-state index in [-0.39, 0.29) is 17.8 Å². The Morgan fingerprint density at radius 3 is 2.82 bits per heavy atom. The highest BCUT2D eigenvalue weighted by Crippen LogP contribution is 2.20. The van der Waals surface area contributed by atoms with Gasteiger partial charge in [-0.3, -0.25) is 4.79 Å². The summed E-state index contributed by atoms with van der Waals surface area (Å²) in [5.41, 5.74) is 0.117. The number of ketones is 1. The number of furan rings is 1. The molecule has 0 aliphatic heterocycles. The van der Waals surface area contributed by atoms with Gasteiger partial charge in [0, 0.05) is 12.8 Å². The monoisotopic (exact) mass is 296 g/mol. The lowest BCUT2D eigenvalue weighted by Crippen LogP contribution is -2.04. The Morgan fingerprint density at radius 2 is 2.12 bits per heavy atom. The SMILES string of the molecule is O=C(CCc1ccco1)c1cccc(Br)c1F. The Bertz CT molecular complexity index is 520. The molecule has 0 N–H and O–H groups in total. The minimum atomic E-state index is -0.503. The largest absolute Gasteiger partial charge is 0.469 e. The average molecular weight is 297 g/mol. The molecule has 0 saturated carbocycles. The van der Waals surface area contributed by atoms with Crippen LogP contribution < -0.4 is 0 Å². The number of carbonyl (C=O) groups is 1. The van der Waals surface area contributed by atoms with Crippen LogP contribution in [0.1, 0.15) is 22.5 Å². The van der Waals surface area contributed by atoms with Crippen LogP contribution >= 0.6 is 15.9 Å². The molecule has 0 bridgehead atoms. The van der Waals surface area contributed by atoms with E-state index in [1.165, 1.54) is 6.07 Å². The zero-order chi connectivity index (χ0) is 12.3. The lowest BCUT2D eigenvalue weighted by Gasteiger charge is -2.03. The van der Waals surface area contributed by atoms with Crippen LogP contribution in [-0.4, -0.2) is 5.78 Å². The van der Waals surface area contributed by atoms with Crippen molar-refractivity contribution in [3.63, 3.8) is 0 Å². The number of hydrogen-bond donors (Lipinski definition) is 0. The summed E-state index contributed by atoms with van der Waals surface area (Å²) in [7, 11) is 0. The lowest BCUT2D eigenvalue weighted by molar-refractivity contribution is 0.0977. The fourth-order valence-electron chi connectivity index (χ4n) is 1.55. The second kappa shape index (κ2) is 5.27. The van der Waals surface area contributed by atoms with E-state index in [9.17, 15) is 9.18 Å². The van der Waals surface area contributed by atoms with Gasteiger partial charge in [-0.2, -0.15) is 0 Å². The Hall–Kier alpha value is -1.42. The van der Waals surface area contributed by atoms with E-state index in [0.717, 1.165) is 5.76 Å². The van der Waals surface area contributed by atoms with Crippen molar-refractivity contribution >= 4 is 21.7 Å². The maximum atomic E-state index is 13.6. The molecule has 0 spiro atoms. The minimum absolute atomic E-state index is 0.117. The second-order valence-corrected chi connectivity index (χ2v) is 4.46. The summed E-state index contributed by atoms with van der Waals surface area (Å²) in [4.78, 5) is 11.8. The Morgan fingerprint density at radius 1 is 1.29 bits per heavy atom. The summed E-state index contributed by atoms with van der Waals surface area (Å²) in [5, 5.41) is 0. The molecule has 0 saturated heterocycles. The normalized spacial score (nSPS) is 10.5. The number of halogens is 2. The van der Waals surface area contributed by atoms with Crippen LogP contribution in [0, 0.1) is 5.82 Å². The molecule has 2 nitrogen and oxygen atoms in total. The fourth-order valence-corrected chi connectivity index (χ4v) is 1.91. The maximum absolute atomic E-state index is 13.6.